The molecular weight excluding hydrogens is 498 g/mol. The monoisotopic (exact) mass is 519 g/mol. The highest BCUT2D eigenvalue weighted by Crippen LogP contribution is 2.34. The Balaban J connectivity index is 1.63. The van der Waals surface area contributed by atoms with Gasteiger partial charge in [0.05, 0.1) is 21.2 Å². The summed E-state index contributed by atoms with van der Waals surface area (Å²) in [5.41, 5.74) is 1.48. The lowest BCUT2D eigenvalue weighted by atomic mass is 10.2. The fourth-order valence-corrected chi connectivity index (χ4v) is 6.62. The van der Waals surface area contributed by atoms with Crippen LogP contribution in [0, 0.1) is 13.8 Å². The predicted molar refractivity (Wildman–Crippen MR) is 124 cm³/mol. The lowest BCUT2D eigenvalue weighted by molar-refractivity contribution is 0.0813. The molecule has 1 aliphatic rings. The molecule has 0 radical (unpaired) electrons. The first-order valence-electron chi connectivity index (χ1n) is 9.90. The van der Waals surface area contributed by atoms with Crippen molar-refractivity contribution in [3.63, 3.8) is 0 Å². The summed E-state index contributed by atoms with van der Waals surface area (Å²) >= 11 is 4.88. The number of benzene rings is 2. The van der Waals surface area contributed by atoms with Crippen molar-refractivity contribution in [3.8, 4) is 0 Å². The third kappa shape index (κ3) is 4.37. The van der Waals surface area contributed by atoms with Gasteiger partial charge in [0.1, 0.15) is 6.04 Å². The van der Waals surface area contributed by atoms with Gasteiger partial charge in [-0.15, -0.1) is 0 Å². The van der Waals surface area contributed by atoms with Gasteiger partial charge in [-0.25, -0.2) is 13.1 Å². The van der Waals surface area contributed by atoms with Crippen LogP contribution in [0.1, 0.15) is 29.0 Å². The molecule has 0 spiro atoms. The molecule has 1 saturated heterocycles. The molecule has 1 aromatic heterocycles. The quantitative estimate of drug-likeness (QED) is 0.478. The number of sulfonamides is 1. The Morgan fingerprint density at radius 1 is 1.10 bits per heavy atom. The molecule has 4 rings (SSSR count). The molecule has 9 heteroatoms. The van der Waals surface area contributed by atoms with E-state index in [1.807, 2.05) is 44.2 Å². The first-order chi connectivity index (χ1) is 14.8. The highest BCUT2D eigenvalue weighted by molar-refractivity contribution is 9.10. The summed E-state index contributed by atoms with van der Waals surface area (Å²) in [6.07, 6.45) is 1.12. The van der Waals surface area contributed by atoms with Crippen LogP contribution in [0.4, 0.5) is 0 Å². The molecule has 0 aliphatic carbocycles. The molecule has 0 saturated carbocycles. The van der Waals surface area contributed by atoms with Crippen molar-refractivity contribution in [3.05, 3.63) is 70.5 Å². The van der Waals surface area contributed by atoms with Crippen molar-refractivity contribution in [1.82, 2.24) is 14.1 Å². The van der Waals surface area contributed by atoms with E-state index in [0.29, 0.717) is 19.4 Å². The van der Waals surface area contributed by atoms with Crippen LogP contribution in [0.15, 0.2) is 73.8 Å². The van der Waals surface area contributed by atoms with Gasteiger partial charge in [0.25, 0.3) is 5.91 Å². The first kappa shape index (κ1) is 22.3. The van der Waals surface area contributed by atoms with Crippen LogP contribution in [0.5, 0.6) is 0 Å². The summed E-state index contributed by atoms with van der Waals surface area (Å²) in [5, 5.41) is 4.47. The average Bonchev–Trinajstić information content (AvgIpc) is 3.36. The number of hydrogen-bond acceptors (Lipinski definition) is 5. The van der Waals surface area contributed by atoms with Crippen molar-refractivity contribution in [2.75, 3.05) is 6.54 Å². The van der Waals surface area contributed by atoms with Crippen molar-refractivity contribution in [2.24, 2.45) is 0 Å². The van der Waals surface area contributed by atoms with Gasteiger partial charge >= 0.3 is 0 Å². The van der Waals surface area contributed by atoms with E-state index in [1.165, 1.54) is 8.99 Å². The molecule has 6 nitrogen and oxygen atoms in total. The Bertz CT molecular complexity index is 1210. The molecule has 0 bridgehead atoms. The zero-order chi connectivity index (χ0) is 22.2. The van der Waals surface area contributed by atoms with Crippen molar-refractivity contribution < 1.29 is 13.2 Å². The minimum absolute atomic E-state index is 0.184. The maximum absolute atomic E-state index is 13.4. The Hall–Kier alpha value is -1.94. The van der Waals surface area contributed by atoms with Crippen molar-refractivity contribution in [2.45, 2.75) is 47.4 Å². The van der Waals surface area contributed by atoms with E-state index in [0.717, 1.165) is 25.7 Å². The Morgan fingerprint density at radius 2 is 1.77 bits per heavy atom. The zero-order valence-electron chi connectivity index (χ0n) is 17.2. The maximum Gasteiger partial charge on any atom is 0.265 e. The van der Waals surface area contributed by atoms with Gasteiger partial charge in [-0.05, 0) is 63.1 Å². The number of rotatable bonds is 5. The van der Waals surface area contributed by atoms with Gasteiger partial charge in [0.15, 0.2) is 0 Å². The smallest absolute Gasteiger partial charge is 0.265 e. The zero-order valence-corrected chi connectivity index (χ0v) is 20.4. The largest absolute Gasteiger partial charge is 0.271 e. The molecule has 2 aromatic carbocycles. The summed E-state index contributed by atoms with van der Waals surface area (Å²) in [6.45, 7) is 4.04. The number of aryl methyl sites for hydroxylation is 1. The third-order valence-electron chi connectivity index (χ3n) is 5.31. The number of carbonyl (C=O) groups is 1. The summed E-state index contributed by atoms with van der Waals surface area (Å²) in [7, 11) is -3.78. The molecule has 2 heterocycles. The number of carbonyl (C=O) groups excluding carboxylic acids is 1. The van der Waals surface area contributed by atoms with E-state index in [9.17, 15) is 13.2 Å². The minimum Gasteiger partial charge on any atom is -0.271 e. The Kier molecular flexibility index (Phi) is 6.39. The van der Waals surface area contributed by atoms with Crippen molar-refractivity contribution in [1.29, 1.82) is 0 Å². The normalized spacial score (nSPS) is 17.2. The summed E-state index contributed by atoms with van der Waals surface area (Å²) < 4.78 is 29.9. The second kappa shape index (κ2) is 8.90. The average molecular weight is 520 g/mol. The van der Waals surface area contributed by atoms with Crippen LogP contribution < -0.4 is 0 Å². The van der Waals surface area contributed by atoms with Gasteiger partial charge in [0, 0.05) is 15.9 Å². The van der Waals surface area contributed by atoms with E-state index < -0.39 is 16.1 Å². The summed E-state index contributed by atoms with van der Waals surface area (Å²) in [4.78, 5) is 15.6. The third-order valence-corrected chi connectivity index (χ3v) is 9.06. The molecule has 1 aliphatic heterocycles. The van der Waals surface area contributed by atoms with Crippen LogP contribution in [0.2, 0.25) is 0 Å². The molecule has 162 valence electrons. The topological polar surface area (TPSA) is 72.3 Å². The van der Waals surface area contributed by atoms with Crippen LogP contribution >= 0.6 is 27.7 Å². The SMILES string of the molecule is Cc1nn(C(=O)[C@H]2CCCN2S(=O)(=O)c2ccc(Br)cc2)c(C)c1Sc1ccccc1. The molecule has 3 aromatic rings. The highest BCUT2D eigenvalue weighted by Gasteiger charge is 2.41. The lowest BCUT2D eigenvalue weighted by Gasteiger charge is -2.23. The van der Waals surface area contributed by atoms with Gasteiger partial charge in [-0.3, -0.25) is 4.79 Å². The first-order valence-corrected chi connectivity index (χ1v) is 12.9. The maximum atomic E-state index is 13.4. The van der Waals surface area contributed by atoms with Crippen LogP contribution in [-0.2, 0) is 10.0 Å². The van der Waals surface area contributed by atoms with Gasteiger partial charge in [-0.2, -0.15) is 9.40 Å². The van der Waals surface area contributed by atoms with Gasteiger partial charge in [0.2, 0.25) is 10.0 Å². The van der Waals surface area contributed by atoms with Gasteiger partial charge < -0.3 is 0 Å². The van der Waals surface area contributed by atoms with E-state index in [1.54, 1.807) is 36.0 Å². The fraction of sp³-hybridized carbons (Fsp3) is 0.273. The summed E-state index contributed by atoms with van der Waals surface area (Å²) in [5.74, 6) is -0.307. The van der Waals surface area contributed by atoms with Crippen LogP contribution in [0.25, 0.3) is 0 Å². The molecule has 0 unspecified atom stereocenters. The Labute approximate surface area is 194 Å². The van der Waals surface area contributed by atoms with E-state index >= 15 is 0 Å². The second-order valence-corrected chi connectivity index (χ2v) is 11.3. The van der Waals surface area contributed by atoms with Gasteiger partial charge in [-0.1, -0.05) is 45.9 Å². The number of hydrogen-bond donors (Lipinski definition) is 0. The molecule has 31 heavy (non-hydrogen) atoms. The number of halogens is 1. The predicted octanol–water partition coefficient (Wildman–Crippen LogP) is 4.91. The number of nitrogens with zero attached hydrogens (tertiary/aromatic N) is 3. The van der Waals surface area contributed by atoms with Crippen molar-refractivity contribution >= 4 is 43.6 Å². The minimum atomic E-state index is -3.78. The lowest BCUT2D eigenvalue weighted by Crippen LogP contribution is -2.43. The molecular formula is C22H22BrN3O3S2. The summed E-state index contributed by atoms with van der Waals surface area (Å²) in [6, 6.07) is 15.6. The van der Waals surface area contributed by atoms with E-state index in [2.05, 4.69) is 21.0 Å². The standard InChI is InChI=1S/C22H22BrN3O3S2/c1-15-21(30-18-7-4-3-5-8-18)16(2)26(24-15)22(27)20-9-6-14-25(20)31(28,29)19-12-10-17(23)11-13-19/h3-5,7-8,10-13,20H,6,9,14H2,1-2H3/t20-/m1/s1. The fourth-order valence-electron chi connectivity index (χ4n) is 3.75. The molecule has 0 amide bonds. The molecule has 1 fully saturated rings. The van der Waals surface area contributed by atoms with E-state index in [4.69, 9.17) is 0 Å². The molecule has 1 atom stereocenters. The number of aromatic nitrogens is 2. The highest BCUT2D eigenvalue weighted by atomic mass is 79.9. The Morgan fingerprint density at radius 3 is 2.45 bits per heavy atom. The van der Waals surface area contributed by atoms with E-state index in [-0.39, 0.29) is 10.8 Å². The van der Waals surface area contributed by atoms with Crippen LogP contribution in [0.3, 0.4) is 0 Å². The second-order valence-electron chi connectivity index (χ2n) is 7.39. The molecule has 0 N–H and O–H groups in total. The van der Waals surface area contributed by atoms with Crippen LogP contribution in [-0.4, -0.2) is 41.0 Å².